The molecule has 0 heterocycles. The van der Waals surface area contributed by atoms with E-state index in [9.17, 15) is 15.2 Å². The first-order chi connectivity index (χ1) is 7.06. The van der Waals surface area contributed by atoms with E-state index in [1.54, 1.807) is 19.2 Å². The van der Waals surface area contributed by atoms with Crippen LogP contribution in [-0.4, -0.2) is 23.6 Å². The van der Waals surface area contributed by atoms with Crippen LogP contribution >= 0.6 is 0 Å². The van der Waals surface area contributed by atoms with Gasteiger partial charge in [0.25, 0.3) is 5.69 Å². The minimum Gasteiger partial charge on any atom is -0.387 e. The molecule has 2 N–H and O–H groups in total. The minimum absolute atomic E-state index is 0.0386. The molecule has 1 aromatic carbocycles. The van der Waals surface area contributed by atoms with Gasteiger partial charge in [0.2, 0.25) is 0 Å². The normalized spacial score (nSPS) is 12.5. The molecule has 0 saturated heterocycles. The van der Waals surface area contributed by atoms with Gasteiger partial charge in [0.15, 0.2) is 0 Å². The van der Waals surface area contributed by atoms with Gasteiger partial charge in [-0.2, -0.15) is 0 Å². The zero-order valence-corrected chi connectivity index (χ0v) is 8.73. The molecule has 0 fully saturated rings. The highest BCUT2D eigenvalue weighted by molar-refractivity contribution is 5.44. The number of likely N-dealkylation sites (N-methyl/N-ethyl adjacent to an activating group) is 1. The Balaban J connectivity index is 3.12. The smallest absolute Gasteiger partial charge is 0.275 e. The Kier molecular flexibility index (Phi) is 3.76. The number of nitro benzene ring substituents is 1. The lowest BCUT2D eigenvalue weighted by Gasteiger charge is -2.11. The third-order valence-electron chi connectivity index (χ3n) is 2.14. The molecular weight excluding hydrogens is 196 g/mol. The highest BCUT2D eigenvalue weighted by atomic mass is 16.6. The molecule has 0 aliphatic rings. The lowest BCUT2D eigenvalue weighted by molar-refractivity contribution is -0.386. The maximum Gasteiger partial charge on any atom is 0.275 e. The molecule has 0 aromatic heterocycles. The molecule has 0 radical (unpaired) electrons. The molecule has 0 bridgehead atoms. The van der Waals surface area contributed by atoms with Crippen molar-refractivity contribution in [2.45, 2.75) is 13.0 Å². The standard InChI is InChI=1S/C10H14N2O3/c1-7-3-4-9(12(14)15)8(5-7)10(13)6-11-2/h3-5,10-11,13H,6H2,1-2H3. The molecule has 5 heteroatoms. The van der Waals surface area contributed by atoms with Crippen molar-refractivity contribution in [2.24, 2.45) is 0 Å². The molecule has 0 amide bonds. The Labute approximate surface area is 87.9 Å². The van der Waals surface area contributed by atoms with E-state index >= 15 is 0 Å². The van der Waals surface area contributed by atoms with E-state index in [0.29, 0.717) is 12.1 Å². The number of aliphatic hydroxyl groups excluding tert-OH is 1. The fourth-order valence-corrected chi connectivity index (χ4v) is 1.41. The van der Waals surface area contributed by atoms with Gasteiger partial charge < -0.3 is 10.4 Å². The number of rotatable bonds is 4. The molecule has 0 saturated carbocycles. The lowest BCUT2D eigenvalue weighted by atomic mass is 10.0. The Bertz CT molecular complexity index is 366. The molecule has 15 heavy (non-hydrogen) atoms. The van der Waals surface area contributed by atoms with Crippen molar-refractivity contribution < 1.29 is 10.0 Å². The third-order valence-corrected chi connectivity index (χ3v) is 2.14. The van der Waals surface area contributed by atoms with Crippen molar-refractivity contribution in [2.75, 3.05) is 13.6 Å². The summed E-state index contributed by atoms with van der Waals surface area (Å²) in [4.78, 5) is 10.2. The summed E-state index contributed by atoms with van der Waals surface area (Å²) in [5.41, 5.74) is 1.21. The van der Waals surface area contributed by atoms with E-state index in [-0.39, 0.29) is 5.69 Å². The second kappa shape index (κ2) is 4.86. The third kappa shape index (κ3) is 2.74. The van der Waals surface area contributed by atoms with Crippen molar-refractivity contribution in [1.29, 1.82) is 0 Å². The zero-order valence-electron chi connectivity index (χ0n) is 8.73. The number of benzene rings is 1. The Morgan fingerprint density at radius 1 is 1.60 bits per heavy atom. The predicted octanol–water partition coefficient (Wildman–Crippen LogP) is 1.16. The molecule has 1 aromatic rings. The molecule has 82 valence electrons. The van der Waals surface area contributed by atoms with Crippen molar-refractivity contribution in [3.63, 3.8) is 0 Å². The highest BCUT2D eigenvalue weighted by Gasteiger charge is 2.19. The number of hydrogen-bond acceptors (Lipinski definition) is 4. The summed E-state index contributed by atoms with van der Waals surface area (Å²) >= 11 is 0. The molecule has 1 atom stereocenters. The summed E-state index contributed by atoms with van der Waals surface area (Å²) in [7, 11) is 1.69. The van der Waals surface area contributed by atoms with Gasteiger partial charge in [0.05, 0.1) is 16.6 Å². The quantitative estimate of drug-likeness (QED) is 0.577. The Morgan fingerprint density at radius 2 is 2.27 bits per heavy atom. The van der Waals surface area contributed by atoms with Gasteiger partial charge in [0.1, 0.15) is 0 Å². The van der Waals surface area contributed by atoms with Crippen LogP contribution in [0.2, 0.25) is 0 Å². The fraction of sp³-hybridized carbons (Fsp3) is 0.400. The molecule has 0 aliphatic heterocycles. The number of hydrogen-bond donors (Lipinski definition) is 2. The summed E-state index contributed by atoms with van der Waals surface area (Å²) in [5.74, 6) is 0. The lowest BCUT2D eigenvalue weighted by Crippen LogP contribution is -2.17. The summed E-state index contributed by atoms with van der Waals surface area (Å²) in [6.07, 6.45) is -0.852. The predicted molar refractivity (Wildman–Crippen MR) is 56.7 cm³/mol. The molecule has 0 spiro atoms. The molecule has 1 unspecified atom stereocenters. The second-order valence-electron chi connectivity index (χ2n) is 3.39. The number of nitro groups is 1. The van der Waals surface area contributed by atoms with E-state index in [4.69, 9.17) is 0 Å². The first kappa shape index (κ1) is 11.6. The van der Waals surface area contributed by atoms with E-state index in [2.05, 4.69) is 5.32 Å². The van der Waals surface area contributed by atoms with Gasteiger partial charge in [0, 0.05) is 12.6 Å². The van der Waals surface area contributed by atoms with Crippen LogP contribution in [0.15, 0.2) is 18.2 Å². The average Bonchev–Trinajstić information content (AvgIpc) is 2.17. The van der Waals surface area contributed by atoms with E-state index in [0.717, 1.165) is 5.56 Å². The van der Waals surface area contributed by atoms with E-state index < -0.39 is 11.0 Å². The zero-order chi connectivity index (χ0) is 11.4. The number of aryl methyl sites for hydroxylation is 1. The summed E-state index contributed by atoms with van der Waals surface area (Å²) in [6, 6.07) is 4.72. The fourth-order valence-electron chi connectivity index (χ4n) is 1.41. The number of aliphatic hydroxyl groups is 1. The topological polar surface area (TPSA) is 75.4 Å². The summed E-state index contributed by atoms with van der Waals surface area (Å²) < 4.78 is 0. The van der Waals surface area contributed by atoms with Crippen LogP contribution in [0.1, 0.15) is 17.2 Å². The number of nitrogens with zero attached hydrogens (tertiary/aromatic N) is 1. The molecular formula is C10H14N2O3. The van der Waals surface area contributed by atoms with Crippen molar-refractivity contribution in [3.8, 4) is 0 Å². The first-order valence-corrected chi connectivity index (χ1v) is 4.64. The average molecular weight is 210 g/mol. The maximum absolute atomic E-state index is 10.7. The van der Waals surface area contributed by atoms with E-state index in [1.807, 2.05) is 6.92 Å². The molecule has 1 rings (SSSR count). The van der Waals surface area contributed by atoms with Gasteiger partial charge in [-0.15, -0.1) is 0 Å². The van der Waals surface area contributed by atoms with Crippen LogP contribution in [0.3, 0.4) is 0 Å². The van der Waals surface area contributed by atoms with Crippen LogP contribution in [0, 0.1) is 17.0 Å². The largest absolute Gasteiger partial charge is 0.387 e. The van der Waals surface area contributed by atoms with Gasteiger partial charge in [-0.1, -0.05) is 11.6 Å². The van der Waals surface area contributed by atoms with Crippen LogP contribution in [0.25, 0.3) is 0 Å². The SMILES string of the molecule is CNCC(O)c1cc(C)ccc1[N+](=O)[O-]. The van der Waals surface area contributed by atoms with Crippen LogP contribution in [0.5, 0.6) is 0 Å². The minimum atomic E-state index is -0.852. The molecule has 5 nitrogen and oxygen atoms in total. The van der Waals surface area contributed by atoms with Crippen LogP contribution < -0.4 is 5.32 Å². The van der Waals surface area contributed by atoms with Crippen LogP contribution in [0.4, 0.5) is 5.69 Å². The van der Waals surface area contributed by atoms with Gasteiger partial charge in [-0.3, -0.25) is 10.1 Å². The molecule has 0 aliphatic carbocycles. The summed E-state index contributed by atoms with van der Waals surface area (Å²) in [6.45, 7) is 2.13. The summed E-state index contributed by atoms with van der Waals surface area (Å²) in [5, 5.41) is 23.2. The van der Waals surface area contributed by atoms with Crippen molar-refractivity contribution in [3.05, 3.63) is 39.4 Å². The number of nitrogens with one attached hydrogen (secondary N) is 1. The van der Waals surface area contributed by atoms with Crippen molar-refractivity contribution in [1.82, 2.24) is 5.32 Å². The Hall–Kier alpha value is -1.46. The first-order valence-electron chi connectivity index (χ1n) is 4.64. The van der Waals surface area contributed by atoms with Gasteiger partial charge in [-0.25, -0.2) is 0 Å². The maximum atomic E-state index is 10.7. The highest BCUT2D eigenvalue weighted by Crippen LogP contribution is 2.25. The van der Waals surface area contributed by atoms with Crippen LogP contribution in [-0.2, 0) is 0 Å². The Morgan fingerprint density at radius 3 is 2.80 bits per heavy atom. The van der Waals surface area contributed by atoms with E-state index in [1.165, 1.54) is 6.07 Å². The van der Waals surface area contributed by atoms with Gasteiger partial charge in [-0.05, 0) is 20.0 Å². The van der Waals surface area contributed by atoms with Crippen molar-refractivity contribution >= 4 is 5.69 Å². The van der Waals surface area contributed by atoms with Gasteiger partial charge >= 0.3 is 0 Å². The monoisotopic (exact) mass is 210 g/mol. The second-order valence-corrected chi connectivity index (χ2v) is 3.39.